The number of nitrogen functional groups attached to an aromatic ring is 1. The Kier molecular flexibility index (Phi) is 4.69. The van der Waals surface area contributed by atoms with Crippen molar-refractivity contribution in [3.8, 4) is 5.75 Å². The Hall–Kier alpha value is -1.80. The van der Waals surface area contributed by atoms with Crippen LogP contribution in [0.15, 0.2) is 18.2 Å². The van der Waals surface area contributed by atoms with Gasteiger partial charge in [-0.1, -0.05) is 0 Å². The number of hydrogen-bond acceptors (Lipinski definition) is 5. The van der Waals surface area contributed by atoms with E-state index in [-0.39, 0.29) is 24.6 Å². The molecular formula is C13H19N3O4S. The van der Waals surface area contributed by atoms with Crippen molar-refractivity contribution >= 4 is 27.3 Å². The summed E-state index contributed by atoms with van der Waals surface area (Å²) in [5.74, 6) is 0.393. The summed E-state index contributed by atoms with van der Waals surface area (Å²) in [5.41, 5.74) is 6.66. The smallest absolute Gasteiger partial charge is 0.225 e. The third-order valence-electron chi connectivity index (χ3n) is 3.29. The number of benzene rings is 1. The maximum Gasteiger partial charge on any atom is 0.225 e. The maximum absolute atomic E-state index is 11.9. The van der Waals surface area contributed by atoms with E-state index in [0.717, 1.165) is 0 Å². The van der Waals surface area contributed by atoms with Gasteiger partial charge in [-0.2, -0.15) is 0 Å². The van der Waals surface area contributed by atoms with E-state index in [0.29, 0.717) is 30.1 Å². The lowest BCUT2D eigenvalue weighted by Gasteiger charge is -2.14. The normalized spacial score (nSPS) is 17.6. The van der Waals surface area contributed by atoms with Crippen molar-refractivity contribution in [2.45, 2.75) is 12.8 Å². The van der Waals surface area contributed by atoms with Crippen LogP contribution >= 0.6 is 0 Å². The lowest BCUT2D eigenvalue weighted by Crippen LogP contribution is -2.29. The van der Waals surface area contributed by atoms with Crippen LogP contribution < -0.4 is 15.8 Å². The molecule has 1 heterocycles. The number of hydrogen-bond donors (Lipinski definition) is 2. The Morgan fingerprint density at radius 2 is 2.24 bits per heavy atom. The number of carbonyl (C=O) groups excluding carboxylic acids is 1. The minimum Gasteiger partial charge on any atom is -0.495 e. The summed E-state index contributed by atoms with van der Waals surface area (Å²) < 4.78 is 29.8. The van der Waals surface area contributed by atoms with Crippen LogP contribution in [0.1, 0.15) is 12.8 Å². The van der Waals surface area contributed by atoms with Crippen molar-refractivity contribution in [1.29, 1.82) is 0 Å². The molecule has 1 aromatic rings. The predicted molar refractivity (Wildman–Crippen MR) is 80.6 cm³/mol. The Morgan fingerprint density at radius 3 is 2.86 bits per heavy atom. The van der Waals surface area contributed by atoms with Crippen LogP contribution in [0.5, 0.6) is 5.75 Å². The average molecular weight is 313 g/mol. The fourth-order valence-corrected chi connectivity index (χ4v) is 3.73. The van der Waals surface area contributed by atoms with E-state index < -0.39 is 10.0 Å². The zero-order valence-corrected chi connectivity index (χ0v) is 12.6. The first kappa shape index (κ1) is 15.6. The molecule has 1 aliphatic heterocycles. The van der Waals surface area contributed by atoms with E-state index in [4.69, 9.17) is 10.5 Å². The van der Waals surface area contributed by atoms with Crippen molar-refractivity contribution < 1.29 is 17.9 Å². The summed E-state index contributed by atoms with van der Waals surface area (Å²) in [4.78, 5) is 11.9. The molecule has 7 nitrogen and oxygen atoms in total. The molecule has 1 aromatic carbocycles. The van der Waals surface area contributed by atoms with Gasteiger partial charge >= 0.3 is 0 Å². The number of rotatable bonds is 5. The van der Waals surface area contributed by atoms with Crippen molar-refractivity contribution in [2.75, 3.05) is 37.0 Å². The highest BCUT2D eigenvalue weighted by atomic mass is 32.2. The fourth-order valence-electron chi connectivity index (χ4n) is 2.20. The molecule has 1 saturated heterocycles. The van der Waals surface area contributed by atoms with Gasteiger partial charge in [0.15, 0.2) is 0 Å². The molecule has 21 heavy (non-hydrogen) atoms. The van der Waals surface area contributed by atoms with E-state index in [1.54, 1.807) is 18.2 Å². The van der Waals surface area contributed by atoms with E-state index >= 15 is 0 Å². The Labute approximate surface area is 124 Å². The monoisotopic (exact) mass is 313 g/mol. The van der Waals surface area contributed by atoms with Gasteiger partial charge in [-0.05, 0) is 24.6 Å². The maximum atomic E-state index is 11.9. The fraction of sp³-hybridized carbons (Fsp3) is 0.462. The number of ether oxygens (including phenoxy) is 1. The van der Waals surface area contributed by atoms with Crippen molar-refractivity contribution in [3.63, 3.8) is 0 Å². The molecule has 0 spiro atoms. The molecule has 0 aromatic heterocycles. The molecule has 1 amide bonds. The molecule has 8 heteroatoms. The number of anilines is 2. The lowest BCUT2D eigenvalue weighted by atomic mass is 10.2. The predicted octanol–water partition coefficient (Wildman–Crippen LogP) is 0.641. The third kappa shape index (κ3) is 3.85. The molecule has 116 valence electrons. The second-order valence-corrected chi connectivity index (χ2v) is 6.91. The summed E-state index contributed by atoms with van der Waals surface area (Å²) >= 11 is 0. The summed E-state index contributed by atoms with van der Waals surface area (Å²) in [6.45, 7) is 0.677. The van der Waals surface area contributed by atoms with Crippen molar-refractivity contribution in [2.24, 2.45) is 0 Å². The number of nitrogens with zero attached hydrogens (tertiary/aromatic N) is 1. The molecule has 1 fully saturated rings. The van der Waals surface area contributed by atoms with Crippen LogP contribution in [0, 0.1) is 0 Å². The molecule has 3 N–H and O–H groups in total. The molecule has 0 unspecified atom stereocenters. The van der Waals surface area contributed by atoms with Gasteiger partial charge in [-0.25, -0.2) is 12.7 Å². The largest absolute Gasteiger partial charge is 0.495 e. The van der Waals surface area contributed by atoms with Crippen molar-refractivity contribution in [3.05, 3.63) is 18.2 Å². The summed E-state index contributed by atoms with van der Waals surface area (Å²) in [6, 6.07) is 4.94. The first-order valence-electron chi connectivity index (χ1n) is 6.63. The SMILES string of the molecule is COc1ccc(N)cc1NC(=O)CCN1CCCS1(=O)=O. The topological polar surface area (TPSA) is 102 Å². The van der Waals surface area contributed by atoms with Gasteiger partial charge in [0.2, 0.25) is 15.9 Å². The van der Waals surface area contributed by atoms with Crippen LogP contribution in [0.25, 0.3) is 0 Å². The van der Waals surface area contributed by atoms with Crippen LogP contribution in [0.3, 0.4) is 0 Å². The Morgan fingerprint density at radius 1 is 1.48 bits per heavy atom. The molecular weight excluding hydrogens is 294 g/mol. The summed E-state index contributed by atoms with van der Waals surface area (Å²) in [7, 11) is -1.67. The minimum atomic E-state index is -3.17. The number of nitrogens with two attached hydrogens (primary N) is 1. The number of sulfonamides is 1. The summed E-state index contributed by atoms with van der Waals surface area (Å²) in [5, 5.41) is 2.69. The molecule has 2 rings (SSSR count). The molecule has 0 bridgehead atoms. The quantitative estimate of drug-likeness (QED) is 0.777. The third-order valence-corrected chi connectivity index (χ3v) is 5.25. The number of nitrogens with one attached hydrogen (secondary N) is 1. The number of amides is 1. The van der Waals surface area contributed by atoms with Gasteiger partial charge < -0.3 is 15.8 Å². The first-order chi connectivity index (χ1) is 9.92. The van der Waals surface area contributed by atoms with Gasteiger partial charge in [0.1, 0.15) is 5.75 Å². The second kappa shape index (κ2) is 6.31. The molecule has 0 radical (unpaired) electrons. The van der Waals surface area contributed by atoms with Gasteiger partial charge in [0, 0.05) is 25.2 Å². The Bertz CT molecular complexity index is 630. The molecule has 0 aliphatic carbocycles. The molecule has 0 saturated carbocycles. The van der Waals surface area contributed by atoms with Gasteiger partial charge in [0.05, 0.1) is 18.6 Å². The molecule has 1 aliphatic rings. The Balaban J connectivity index is 1.95. The van der Waals surface area contributed by atoms with E-state index in [2.05, 4.69) is 5.32 Å². The summed E-state index contributed by atoms with van der Waals surface area (Å²) in [6.07, 6.45) is 0.712. The van der Waals surface area contributed by atoms with Crippen LogP contribution in [-0.2, 0) is 14.8 Å². The van der Waals surface area contributed by atoms with Crippen LogP contribution in [-0.4, -0.2) is 44.6 Å². The number of methoxy groups -OCH3 is 1. The van der Waals surface area contributed by atoms with Crippen molar-refractivity contribution in [1.82, 2.24) is 4.31 Å². The highest BCUT2D eigenvalue weighted by Gasteiger charge is 2.28. The van der Waals surface area contributed by atoms with Crippen LogP contribution in [0.4, 0.5) is 11.4 Å². The van der Waals surface area contributed by atoms with Gasteiger partial charge in [-0.3, -0.25) is 4.79 Å². The zero-order chi connectivity index (χ0) is 15.5. The second-order valence-electron chi connectivity index (χ2n) is 4.83. The standard InChI is InChI=1S/C13H19N3O4S/c1-20-12-4-3-10(14)9-11(12)15-13(17)5-7-16-6-2-8-21(16,18)19/h3-4,9H,2,5-8,14H2,1H3,(H,15,17). The number of carbonyl (C=O) groups is 1. The van der Waals surface area contributed by atoms with Gasteiger partial charge in [-0.15, -0.1) is 0 Å². The highest BCUT2D eigenvalue weighted by molar-refractivity contribution is 7.89. The first-order valence-corrected chi connectivity index (χ1v) is 8.24. The van der Waals surface area contributed by atoms with Crippen LogP contribution in [0.2, 0.25) is 0 Å². The lowest BCUT2D eigenvalue weighted by molar-refractivity contribution is -0.116. The van der Waals surface area contributed by atoms with Gasteiger partial charge in [0.25, 0.3) is 0 Å². The highest BCUT2D eigenvalue weighted by Crippen LogP contribution is 2.26. The zero-order valence-electron chi connectivity index (χ0n) is 11.8. The van der Waals surface area contributed by atoms with E-state index in [1.807, 2.05) is 0 Å². The van der Waals surface area contributed by atoms with E-state index in [1.165, 1.54) is 11.4 Å². The van der Waals surface area contributed by atoms with E-state index in [9.17, 15) is 13.2 Å². The minimum absolute atomic E-state index is 0.0944. The molecule has 0 atom stereocenters. The average Bonchev–Trinajstić information content (AvgIpc) is 2.75.